The molecule has 0 aromatic carbocycles. The minimum Gasteiger partial charge on any atom is -0.349 e. The van der Waals surface area contributed by atoms with Crippen LogP contribution in [0.2, 0.25) is 0 Å². The van der Waals surface area contributed by atoms with Gasteiger partial charge in [0.2, 0.25) is 5.91 Å². The van der Waals surface area contributed by atoms with Gasteiger partial charge in [-0.05, 0) is 19.9 Å². The molecule has 22 heavy (non-hydrogen) atoms. The lowest BCUT2D eigenvalue weighted by Gasteiger charge is -2.36. The van der Waals surface area contributed by atoms with Crippen LogP contribution in [0.3, 0.4) is 0 Å². The van der Waals surface area contributed by atoms with Crippen molar-refractivity contribution in [3.8, 4) is 0 Å². The summed E-state index contributed by atoms with van der Waals surface area (Å²) in [6.45, 7) is 5.50. The number of nitrogens with zero attached hydrogens (tertiary/aromatic N) is 2. The van der Waals surface area contributed by atoms with Gasteiger partial charge in [0.25, 0.3) is 0 Å². The van der Waals surface area contributed by atoms with Crippen LogP contribution in [0.4, 0.5) is 5.82 Å². The van der Waals surface area contributed by atoms with Crippen molar-refractivity contribution >= 4 is 11.7 Å². The van der Waals surface area contributed by atoms with E-state index in [4.69, 9.17) is 14.2 Å². The Labute approximate surface area is 127 Å². The SMILES string of the molecule is CC(=O)Nc1ccn([C@H]2C[C@H]3OC(C)(C)OC[C@H]3O2)c(=O)n1. The summed E-state index contributed by atoms with van der Waals surface area (Å²) in [5.74, 6) is -0.691. The zero-order chi connectivity index (χ0) is 15.9. The van der Waals surface area contributed by atoms with Crippen molar-refractivity contribution in [2.24, 2.45) is 0 Å². The number of nitrogens with one attached hydrogen (secondary N) is 1. The predicted molar refractivity (Wildman–Crippen MR) is 76.2 cm³/mol. The van der Waals surface area contributed by atoms with Gasteiger partial charge in [-0.15, -0.1) is 0 Å². The molecule has 2 aliphatic heterocycles. The first kappa shape index (κ1) is 15.1. The summed E-state index contributed by atoms with van der Waals surface area (Å²) in [6, 6.07) is 1.56. The molecule has 0 radical (unpaired) electrons. The van der Waals surface area contributed by atoms with Crippen molar-refractivity contribution in [2.75, 3.05) is 11.9 Å². The number of fused-ring (bicyclic) bond motifs is 1. The molecule has 0 unspecified atom stereocenters. The van der Waals surface area contributed by atoms with Crippen LogP contribution in [0, 0.1) is 0 Å². The fourth-order valence-electron chi connectivity index (χ4n) is 2.71. The van der Waals surface area contributed by atoms with E-state index in [1.807, 2.05) is 13.8 Å². The lowest BCUT2D eigenvalue weighted by molar-refractivity contribution is -0.293. The van der Waals surface area contributed by atoms with Gasteiger partial charge in [-0.1, -0.05) is 0 Å². The Morgan fingerprint density at radius 3 is 2.91 bits per heavy atom. The minimum atomic E-state index is -0.641. The molecule has 120 valence electrons. The van der Waals surface area contributed by atoms with Crippen LogP contribution in [0.25, 0.3) is 0 Å². The second-order valence-electron chi connectivity index (χ2n) is 5.92. The van der Waals surface area contributed by atoms with E-state index >= 15 is 0 Å². The first-order chi connectivity index (χ1) is 10.3. The van der Waals surface area contributed by atoms with Gasteiger partial charge in [-0.2, -0.15) is 4.98 Å². The van der Waals surface area contributed by atoms with Crippen LogP contribution in [-0.4, -0.2) is 40.1 Å². The van der Waals surface area contributed by atoms with Crippen LogP contribution in [0.5, 0.6) is 0 Å². The molecule has 3 heterocycles. The Kier molecular flexibility index (Phi) is 3.75. The molecule has 0 saturated carbocycles. The molecule has 3 rings (SSSR count). The van der Waals surface area contributed by atoms with Crippen LogP contribution in [0.15, 0.2) is 17.1 Å². The number of ether oxygens (including phenoxy) is 3. The lowest BCUT2D eigenvalue weighted by atomic mass is 10.1. The molecule has 2 aliphatic rings. The van der Waals surface area contributed by atoms with Crippen molar-refractivity contribution in [1.29, 1.82) is 0 Å². The maximum atomic E-state index is 12.1. The Bertz CT molecular complexity index is 642. The second-order valence-corrected chi connectivity index (χ2v) is 5.92. The molecular formula is C14H19N3O5. The number of hydrogen-bond acceptors (Lipinski definition) is 6. The summed E-state index contributed by atoms with van der Waals surface area (Å²) in [5, 5.41) is 2.48. The average Bonchev–Trinajstić information content (AvgIpc) is 2.79. The first-order valence-electron chi connectivity index (χ1n) is 7.18. The van der Waals surface area contributed by atoms with Crippen molar-refractivity contribution in [1.82, 2.24) is 9.55 Å². The van der Waals surface area contributed by atoms with Gasteiger partial charge < -0.3 is 19.5 Å². The van der Waals surface area contributed by atoms with Crippen LogP contribution >= 0.6 is 0 Å². The Morgan fingerprint density at radius 2 is 2.23 bits per heavy atom. The van der Waals surface area contributed by atoms with Gasteiger partial charge in [-0.25, -0.2) is 4.79 Å². The van der Waals surface area contributed by atoms with Gasteiger partial charge in [0, 0.05) is 19.5 Å². The zero-order valence-electron chi connectivity index (χ0n) is 12.7. The Morgan fingerprint density at radius 1 is 1.45 bits per heavy atom. The molecule has 0 aliphatic carbocycles. The number of anilines is 1. The summed E-state index contributed by atoms with van der Waals surface area (Å²) < 4.78 is 18.6. The van der Waals surface area contributed by atoms with Gasteiger partial charge in [0.15, 0.2) is 5.79 Å². The Balaban J connectivity index is 1.76. The quantitative estimate of drug-likeness (QED) is 0.862. The molecule has 2 fully saturated rings. The van der Waals surface area contributed by atoms with E-state index in [1.54, 1.807) is 12.3 Å². The highest BCUT2D eigenvalue weighted by molar-refractivity contribution is 5.87. The fraction of sp³-hybridized carbons (Fsp3) is 0.643. The zero-order valence-corrected chi connectivity index (χ0v) is 12.7. The maximum Gasteiger partial charge on any atom is 0.351 e. The summed E-state index contributed by atoms with van der Waals surface area (Å²) in [5.41, 5.74) is -0.477. The van der Waals surface area contributed by atoms with Crippen LogP contribution in [0.1, 0.15) is 33.4 Å². The standard InChI is InChI=1S/C14H19N3O5/c1-8(18)15-11-4-5-17(13(19)16-11)12-6-9-10(21-12)7-20-14(2,3)22-9/h4-5,9-10,12H,6-7H2,1-3H3,(H,15,16,18,19)/t9-,10-,12-/m1/s1. The summed E-state index contributed by atoms with van der Waals surface area (Å²) in [6.07, 6.45) is 1.36. The first-order valence-corrected chi connectivity index (χ1v) is 7.18. The molecule has 1 amide bonds. The Hall–Kier alpha value is -1.77. The molecule has 8 nitrogen and oxygen atoms in total. The predicted octanol–water partition coefficient (Wildman–Crippen LogP) is 0.641. The number of carbonyl (C=O) groups excluding carboxylic acids is 1. The van der Waals surface area contributed by atoms with Crippen LogP contribution < -0.4 is 11.0 Å². The van der Waals surface area contributed by atoms with E-state index in [0.717, 1.165) is 0 Å². The second kappa shape index (κ2) is 5.45. The van der Waals surface area contributed by atoms with Crippen molar-refractivity contribution in [3.63, 3.8) is 0 Å². The van der Waals surface area contributed by atoms with Crippen LogP contribution in [-0.2, 0) is 19.0 Å². The van der Waals surface area contributed by atoms with E-state index in [0.29, 0.717) is 13.0 Å². The van der Waals surface area contributed by atoms with Gasteiger partial charge in [-0.3, -0.25) is 9.36 Å². The summed E-state index contributed by atoms with van der Waals surface area (Å²) >= 11 is 0. The van der Waals surface area contributed by atoms with Gasteiger partial charge in [0.1, 0.15) is 18.1 Å². The van der Waals surface area contributed by atoms with Crippen molar-refractivity contribution < 1.29 is 19.0 Å². The highest BCUT2D eigenvalue weighted by Crippen LogP contribution is 2.36. The van der Waals surface area contributed by atoms with Crippen molar-refractivity contribution in [2.45, 2.75) is 51.4 Å². The van der Waals surface area contributed by atoms with E-state index in [1.165, 1.54) is 11.5 Å². The normalized spacial score (nSPS) is 29.9. The lowest BCUT2D eigenvalue weighted by Crippen LogP contribution is -2.46. The largest absolute Gasteiger partial charge is 0.351 e. The topological polar surface area (TPSA) is 91.7 Å². The fourth-order valence-corrected chi connectivity index (χ4v) is 2.71. The molecule has 0 bridgehead atoms. The average molecular weight is 309 g/mol. The summed E-state index contributed by atoms with van der Waals surface area (Å²) in [7, 11) is 0. The molecular weight excluding hydrogens is 290 g/mol. The van der Waals surface area contributed by atoms with E-state index < -0.39 is 17.7 Å². The molecule has 3 atom stereocenters. The van der Waals surface area contributed by atoms with Gasteiger partial charge in [0.05, 0.1) is 12.7 Å². The number of aromatic nitrogens is 2. The number of hydrogen-bond donors (Lipinski definition) is 1. The minimum absolute atomic E-state index is 0.115. The smallest absolute Gasteiger partial charge is 0.349 e. The summed E-state index contributed by atoms with van der Waals surface area (Å²) in [4.78, 5) is 26.9. The molecule has 0 spiro atoms. The van der Waals surface area contributed by atoms with E-state index in [2.05, 4.69) is 10.3 Å². The highest BCUT2D eigenvalue weighted by Gasteiger charge is 2.44. The van der Waals surface area contributed by atoms with E-state index in [9.17, 15) is 9.59 Å². The van der Waals surface area contributed by atoms with Gasteiger partial charge >= 0.3 is 5.69 Å². The number of rotatable bonds is 2. The molecule has 2 saturated heterocycles. The third-order valence-electron chi connectivity index (χ3n) is 3.66. The molecule has 1 aromatic heterocycles. The maximum absolute atomic E-state index is 12.1. The number of carbonyl (C=O) groups is 1. The molecule has 8 heteroatoms. The van der Waals surface area contributed by atoms with Crippen molar-refractivity contribution in [3.05, 3.63) is 22.7 Å². The monoisotopic (exact) mass is 309 g/mol. The third-order valence-corrected chi connectivity index (χ3v) is 3.66. The number of amides is 1. The highest BCUT2D eigenvalue weighted by atomic mass is 16.7. The molecule has 1 aromatic rings. The third kappa shape index (κ3) is 3.03. The molecule has 1 N–H and O–H groups in total. The van der Waals surface area contributed by atoms with E-state index in [-0.39, 0.29) is 23.9 Å².